The van der Waals surface area contributed by atoms with Gasteiger partial charge in [-0.25, -0.2) is 0 Å². The molecule has 3 fully saturated rings. The molecule has 4 aliphatic carbocycles. The van der Waals surface area contributed by atoms with Crippen LogP contribution in [0.3, 0.4) is 0 Å². The molecule has 0 aliphatic heterocycles. The Bertz CT molecular complexity index is 783. The van der Waals surface area contributed by atoms with Crippen LogP contribution in [-0.4, -0.2) is 23.1 Å². The molecule has 26 heavy (non-hydrogen) atoms. The first-order valence-electron chi connectivity index (χ1n) is 9.26. The van der Waals surface area contributed by atoms with Gasteiger partial charge in [0.1, 0.15) is 5.78 Å². The molecule has 0 aromatic carbocycles. The fourth-order valence-corrected chi connectivity index (χ4v) is 7.63. The molecule has 0 unspecified atom stereocenters. The van der Waals surface area contributed by atoms with Gasteiger partial charge in [-0.05, 0) is 87.4 Å². The smallest absolute Gasteiger partial charge is 0.303 e. The molecule has 0 aromatic heterocycles. The van der Waals surface area contributed by atoms with E-state index in [2.05, 4.69) is 38.8 Å². The number of rotatable bonds is 1. The zero-order valence-corrected chi connectivity index (χ0v) is 18.1. The minimum atomic E-state index is -0.882. The minimum Gasteiger partial charge on any atom is -0.450 e. The van der Waals surface area contributed by atoms with Gasteiger partial charge in [0.15, 0.2) is 5.60 Å². The Morgan fingerprint density at radius 2 is 1.88 bits per heavy atom. The van der Waals surface area contributed by atoms with Crippen LogP contribution < -0.4 is 0 Å². The molecule has 4 nitrogen and oxygen atoms in total. The predicted octanol–water partition coefficient (Wildman–Crippen LogP) is 4.60. The maximum Gasteiger partial charge on any atom is 0.303 e. The van der Waals surface area contributed by atoms with Crippen LogP contribution in [-0.2, 0) is 19.1 Å². The first-order chi connectivity index (χ1) is 12.2. The van der Waals surface area contributed by atoms with Gasteiger partial charge in [-0.2, -0.15) is 0 Å². The summed E-state index contributed by atoms with van der Waals surface area (Å²) in [7, 11) is 0. The lowest BCUT2D eigenvalue weighted by Gasteiger charge is -2.55. The number of esters is 1. The molecule has 0 heterocycles. The monoisotopic (exact) mass is 484 g/mol. The lowest BCUT2D eigenvalue weighted by atomic mass is 9.51. The molecule has 6 heteroatoms. The Morgan fingerprint density at radius 3 is 2.58 bits per heavy atom. The van der Waals surface area contributed by atoms with Crippen LogP contribution in [0.25, 0.3) is 0 Å². The molecule has 0 radical (unpaired) electrons. The van der Waals surface area contributed by atoms with Crippen molar-refractivity contribution in [1.82, 2.24) is 0 Å². The van der Waals surface area contributed by atoms with E-state index in [4.69, 9.17) is 4.74 Å². The van der Waals surface area contributed by atoms with Crippen LogP contribution in [0.5, 0.6) is 0 Å². The minimum absolute atomic E-state index is 0.0991. The van der Waals surface area contributed by atoms with Gasteiger partial charge in [0.25, 0.3) is 0 Å². The molecule has 0 N–H and O–H groups in total. The normalized spacial score (nSPS) is 42.0. The number of ketones is 2. The van der Waals surface area contributed by atoms with E-state index in [1.807, 2.05) is 6.08 Å². The van der Waals surface area contributed by atoms with Gasteiger partial charge >= 0.3 is 5.97 Å². The molecule has 0 spiro atoms. The number of carbonyl (C=O) groups excluding carboxylic acids is 3. The lowest BCUT2D eigenvalue weighted by molar-refractivity contribution is -0.164. The van der Waals surface area contributed by atoms with E-state index in [0.29, 0.717) is 39.4 Å². The molecular weight excluding hydrogens is 464 g/mol. The third-order valence-electron chi connectivity index (χ3n) is 7.23. The van der Waals surface area contributed by atoms with Crippen LogP contribution in [0.15, 0.2) is 20.6 Å². The van der Waals surface area contributed by atoms with Crippen molar-refractivity contribution in [1.29, 1.82) is 0 Å². The molecule has 0 aromatic rings. The van der Waals surface area contributed by atoms with Crippen molar-refractivity contribution in [3.05, 3.63) is 20.6 Å². The molecule has 4 aliphatic rings. The third-order valence-corrected chi connectivity index (χ3v) is 8.66. The predicted molar refractivity (Wildman–Crippen MR) is 104 cm³/mol. The number of ether oxygens (including phenoxy) is 1. The van der Waals surface area contributed by atoms with Gasteiger partial charge in [0, 0.05) is 24.7 Å². The van der Waals surface area contributed by atoms with Gasteiger partial charge in [-0.3, -0.25) is 14.4 Å². The molecule has 5 atom stereocenters. The standard InChI is InChI=1S/C20H22Br2O4/c1-10(23)26-20-9-15(21)18(25)17(22)14(20)4-3-11-12-5-6-16(24)19(12,2)8-7-13(11)20/h9,11-13H,3-8H2,1-2H3/t11-,12-,13-,19-,20-/m0/s1. The Balaban J connectivity index is 1.83. The van der Waals surface area contributed by atoms with Gasteiger partial charge in [-0.15, -0.1) is 0 Å². The largest absolute Gasteiger partial charge is 0.450 e. The molecule has 0 amide bonds. The van der Waals surface area contributed by atoms with Gasteiger partial charge in [0.05, 0.1) is 8.96 Å². The molecule has 4 rings (SSSR count). The molecule has 140 valence electrons. The van der Waals surface area contributed by atoms with Crippen LogP contribution in [0.4, 0.5) is 0 Å². The van der Waals surface area contributed by atoms with Crippen molar-refractivity contribution in [3.8, 4) is 0 Å². The highest BCUT2D eigenvalue weighted by molar-refractivity contribution is 9.13. The number of allylic oxidation sites excluding steroid dienone is 2. The first kappa shape index (κ1) is 18.6. The number of hydrogen-bond donors (Lipinski definition) is 0. The van der Waals surface area contributed by atoms with Crippen molar-refractivity contribution in [3.63, 3.8) is 0 Å². The summed E-state index contributed by atoms with van der Waals surface area (Å²) in [5.41, 5.74) is -0.231. The average molecular weight is 486 g/mol. The highest BCUT2D eigenvalue weighted by Crippen LogP contribution is 2.63. The topological polar surface area (TPSA) is 60.4 Å². The lowest BCUT2D eigenvalue weighted by Crippen LogP contribution is -2.56. The number of halogens is 2. The van der Waals surface area contributed by atoms with E-state index >= 15 is 0 Å². The summed E-state index contributed by atoms with van der Waals surface area (Å²) >= 11 is 6.84. The number of hydrogen-bond acceptors (Lipinski definition) is 4. The second kappa shape index (κ2) is 6.13. The summed E-state index contributed by atoms with van der Waals surface area (Å²) in [5, 5.41) is 0. The second-order valence-electron chi connectivity index (χ2n) is 8.33. The summed E-state index contributed by atoms with van der Waals surface area (Å²) in [6.45, 7) is 3.55. The van der Waals surface area contributed by atoms with Crippen LogP contribution >= 0.6 is 31.9 Å². The SMILES string of the molecule is CC(=O)O[C@]12C=C(Br)C(=O)C(Br)=C1CC[C@H]1[C@@H]3CCC(=O)[C@@]3(C)CC[C@@H]12. The van der Waals surface area contributed by atoms with Crippen molar-refractivity contribution in [2.45, 2.75) is 58.0 Å². The molecule has 0 bridgehead atoms. The van der Waals surface area contributed by atoms with E-state index in [1.54, 1.807) is 0 Å². The quantitative estimate of drug-likeness (QED) is 0.509. The first-order valence-corrected chi connectivity index (χ1v) is 10.8. The van der Waals surface area contributed by atoms with E-state index in [-0.39, 0.29) is 23.1 Å². The fourth-order valence-electron chi connectivity index (χ4n) is 6.10. The van der Waals surface area contributed by atoms with E-state index in [1.165, 1.54) is 6.92 Å². The molecular formula is C20H22Br2O4. The second-order valence-corrected chi connectivity index (χ2v) is 9.98. The van der Waals surface area contributed by atoms with Gasteiger partial charge < -0.3 is 4.74 Å². The van der Waals surface area contributed by atoms with E-state index in [9.17, 15) is 14.4 Å². The average Bonchev–Trinajstić information content (AvgIpc) is 2.87. The van der Waals surface area contributed by atoms with Crippen molar-refractivity contribution in [2.75, 3.05) is 0 Å². The van der Waals surface area contributed by atoms with Crippen molar-refractivity contribution < 1.29 is 19.1 Å². The van der Waals surface area contributed by atoms with Crippen LogP contribution in [0.2, 0.25) is 0 Å². The summed E-state index contributed by atoms with van der Waals surface area (Å²) in [4.78, 5) is 37.0. The Morgan fingerprint density at radius 1 is 1.15 bits per heavy atom. The Kier molecular flexibility index (Phi) is 4.39. The summed E-state index contributed by atoms with van der Waals surface area (Å²) in [6.07, 6.45) is 6.69. The number of fused-ring (bicyclic) bond motifs is 5. The Hall–Kier alpha value is -0.750. The van der Waals surface area contributed by atoms with Gasteiger partial charge in [0.2, 0.25) is 5.78 Å². The van der Waals surface area contributed by atoms with Crippen LogP contribution in [0.1, 0.15) is 52.4 Å². The van der Waals surface area contributed by atoms with Crippen LogP contribution in [0, 0.1) is 23.2 Å². The van der Waals surface area contributed by atoms with Crippen molar-refractivity contribution in [2.24, 2.45) is 23.2 Å². The maximum absolute atomic E-state index is 12.5. The third kappa shape index (κ3) is 2.40. The molecule has 0 saturated heterocycles. The molecule has 3 saturated carbocycles. The zero-order valence-electron chi connectivity index (χ0n) is 14.9. The summed E-state index contributed by atoms with van der Waals surface area (Å²) in [5.74, 6) is 0.718. The number of Topliss-reactive ketones (excluding diaryl/α,β-unsaturated/α-hetero) is 2. The highest BCUT2D eigenvalue weighted by atomic mass is 79.9. The van der Waals surface area contributed by atoms with E-state index in [0.717, 1.165) is 31.3 Å². The summed E-state index contributed by atoms with van der Waals surface area (Å²) < 4.78 is 6.93. The van der Waals surface area contributed by atoms with E-state index < -0.39 is 5.60 Å². The summed E-state index contributed by atoms with van der Waals surface area (Å²) in [6, 6.07) is 0. The fraction of sp³-hybridized carbons (Fsp3) is 0.650. The Labute approximate surface area is 170 Å². The number of carbonyl (C=O) groups is 3. The zero-order chi connectivity index (χ0) is 18.9. The maximum atomic E-state index is 12.5. The highest BCUT2D eigenvalue weighted by Gasteiger charge is 2.62. The van der Waals surface area contributed by atoms with Gasteiger partial charge in [-0.1, -0.05) is 6.92 Å². The van der Waals surface area contributed by atoms with Crippen molar-refractivity contribution >= 4 is 49.4 Å².